The number of hydrogen-bond acceptors (Lipinski definition) is 4. The molecular formula is C32H37F5O4. The van der Waals surface area contributed by atoms with Gasteiger partial charge in [0.05, 0.1) is 25.7 Å². The molecule has 4 nitrogen and oxygen atoms in total. The van der Waals surface area contributed by atoms with Crippen LogP contribution in [-0.2, 0) is 14.2 Å². The van der Waals surface area contributed by atoms with Crippen molar-refractivity contribution in [2.24, 2.45) is 11.8 Å². The molecule has 2 aromatic rings. The first-order valence-electron chi connectivity index (χ1n) is 14.5. The normalized spacial score (nSPS) is 29.2. The van der Waals surface area contributed by atoms with Gasteiger partial charge in [0.15, 0.2) is 23.7 Å². The van der Waals surface area contributed by atoms with E-state index in [9.17, 15) is 22.0 Å². The van der Waals surface area contributed by atoms with Gasteiger partial charge >= 0.3 is 6.11 Å². The minimum absolute atomic E-state index is 0.0442. The lowest BCUT2D eigenvalue weighted by Crippen LogP contribution is -2.41. The first kappa shape index (κ1) is 30.0. The highest BCUT2D eigenvalue weighted by Crippen LogP contribution is 2.44. The molecule has 41 heavy (non-hydrogen) atoms. The average Bonchev–Trinajstić information content (AvgIpc) is 2.99. The molecule has 5 rings (SSSR count). The summed E-state index contributed by atoms with van der Waals surface area (Å²) >= 11 is 0. The smallest absolute Gasteiger partial charge is 0.400 e. The van der Waals surface area contributed by atoms with Crippen LogP contribution in [0.2, 0.25) is 0 Å². The zero-order valence-electron chi connectivity index (χ0n) is 23.0. The molecule has 2 aliphatic carbocycles. The molecular weight excluding hydrogens is 543 g/mol. The lowest BCUT2D eigenvalue weighted by Gasteiger charge is -2.37. The van der Waals surface area contributed by atoms with Gasteiger partial charge in [0, 0.05) is 18.1 Å². The Bertz CT molecular complexity index is 1130. The second-order valence-corrected chi connectivity index (χ2v) is 11.5. The van der Waals surface area contributed by atoms with Crippen LogP contribution in [0.3, 0.4) is 0 Å². The van der Waals surface area contributed by atoms with E-state index in [-0.39, 0.29) is 31.2 Å². The van der Waals surface area contributed by atoms with Crippen molar-refractivity contribution >= 4 is 0 Å². The van der Waals surface area contributed by atoms with E-state index in [1.807, 2.05) is 0 Å². The molecule has 9 heteroatoms. The summed E-state index contributed by atoms with van der Waals surface area (Å²) in [6.45, 7) is 5.23. The van der Waals surface area contributed by atoms with Crippen LogP contribution in [-0.4, -0.2) is 38.3 Å². The van der Waals surface area contributed by atoms with E-state index in [4.69, 9.17) is 14.2 Å². The molecule has 2 aromatic carbocycles. The van der Waals surface area contributed by atoms with E-state index >= 15 is 0 Å². The lowest BCUT2D eigenvalue weighted by atomic mass is 9.76. The highest BCUT2D eigenvalue weighted by atomic mass is 19.3. The maximum atomic E-state index is 14.8. The second kappa shape index (κ2) is 13.2. The van der Waals surface area contributed by atoms with Crippen molar-refractivity contribution in [2.75, 3.05) is 19.8 Å². The Balaban J connectivity index is 1.08. The third kappa shape index (κ3) is 7.30. The molecule has 1 saturated heterocycles. The van der Waals surface area contributed by atoms with E-state index in [1.165, 1.54) is 5.56 Å². The van der Waals surface area contributed by atoms with Crippen molar-refractivity contribution in [1.29, 1.82) is 0 Å². The van der Waals surface area contributed by atoms with Crippen molar-refractivity contribution < 1.29 is 40.9 Å². The molecule has 3 aliphatic rings. The lowest BCUT2D eigenvalue weighted by molar-refractivity contribution is -0.247. The third-order valence-corrected chi connectivity index (χ3v) is 8.79. The Kier molecular flexibility index (Phi) is 9.66. The van der Waals surface area contributed by atoms with Crippen molar-refractivity contribution in [2.45, 2.75) is 81.7 Å². The summed E-state index contributed by atoms with van der Waals surface area (Å²) in [5, 5.41) is 0. The molecule has 0 N–H and O–H groups in total. The van der Waals surface area contributed by atoms with Crippen molar-refractivity contribution in [3.8, 4) is 5.75 Å². The first-order valence-corrected chi connectivity index (χ1v) is 14.5. The molecule has 1 aliphatic heterocycles. The van der Waals surface area contributed by atoms with E-state index in [1.54, 1.807) is 6.08 Å². The van der Waals surface area contributed by atoms with Gasteiger partial charge in [-0.05, 0) is 74.3 Å². The molecule has 1 heterocycles. The summed E-state index contributed by atoms with van der Waals surface area (Å²) in [6.07, 6.45) is 3.61. The fourth-order valence-electron chi connectivity index (χ4n) is 6.43. The van der Waals surface area contributed by atoms with E-state index in [2.05, 4.69) is 35.6 Å². The van der Waals surface area contributed by atoms with E-state index < -0.39 is 35.2 Å². The first-order chi connectivity index (χ1) is 19.7. The van der Waals surface area contributed by atoms with Gasteiger partial charge in [-0.3, -0.25) is 0 Å². The monoisotopic (exact) mass is 580 g/mol. The number of benzene rings is 2. The molecule has 0 unspecified atom stereocenters. The summed E-state index contributed by atoms with van der Waals surface area (Å²) in [5.74, 6) is -5.64. The van der Waals surface area contributed by atoms with Crippen LogP contribution in [0.25, 0.3) is 0 Å². The molecule has 0 aromatic heterocycles. The molecule has 0 bridgehead atoms. The van der Waals surface area contributed by atoms with Crippen molar-refractivity contribution in [3.05, 3.63) is 77.6 Å². The summed E-state index contributed by atoms with van der Waals surface area (Å²) in [5.41, 5.74) is 2.42. The molecule has 0 amide bonds. The van der Waals surface area contributed by atoms with Crippen molar-refractivity contribution in [1.82, 2.24) is 0 Å². The Hall–Kier alpha value is -2.49. The fourth-order valence-corrected chi connectivity index (χ4v) is 6.43. The van der Waals surface area contributed by atoms with E-state index in [0.717, 1.165) is 31.2 Å². The highest BCUT2D eigenvalue weighted by Gasteiger charge is 2.44. The summed E-state index contributed by atoms with van der Waals surface area (Å²) in [7, 11) is 0. The van der Waals surface area contributed by atoms with Gasteiger partial charge in [0.1, 0.15) is 11.9 Å². The summed E-state index contributed by atoms with van der Waals surface area (Å²) in [4.78, 5) is 0. The van der Waals surface area contributed by atoms with Crippen LogP contribution in [0.15, 0.2) is 49.1 Å². The van der Waals surface area contributed by atoms with Crippen LogP contribution in [0.5, 0.6) is 5.75 Å². The largest absolute Gasteiger partial charge is 0.432 e. The minimum Gasteiger partial charge on any atom is -0.432 e. The maximum Gasteiger partial charge on any atom is 0.400 e. The van der Waals surface area contributed by atoms with Gasteiger partial charge in [-0.1, -0.05) is 30.3 Å². The van der Waals surface area contributed by atoms with Gasteiger partial charge in [0.2, 0.25) is 0 Å². The highest BCUT2D eigenvalue weighted by molar-refractivity contribution is 5.29. The Labute approximate surface area is 237 Å². The molecule has 2 saturated carbocycles. The molecule has 0 atom stereocenters. The van der Waals surface area contributed by atoms with Gasteiger partial charge < -0.3 is 18.9 Å². The maximum absolute atomic E-state index is 14.8. The predicted molar refractivity (Wildman–Crippen MR) is 143 cm³/mol. The number of alkyl halides is 2. The zero-order valence-corrected chi connectivity index (χ0v) is 23.0. The van der Waals surface area contributed by atoms with Crippen LogP contribution in [0, 0.1) is 29.3 Å². The molecule has 3 fully saturated rings. The molecule has 0 spiro atoms. The summed E-state index contributed by atoms with van der Waals surface area (Å²) in [6, 6.07) is 9.44. The van der Waals surface area contributed by atoms with Gasteiger partial charge in [-0.15, -0.1) is 6.58 Å². The number of ether oxygens (including phenoxy) is 4. The molecule has 0 radical (unpaired) electrons. The van der Waals surface area contributed by atoms with Gasteiger partial charge in [0.25, 0.3) is 0 Å². The van der Waals surface area contributed by atoms with Crippen LogP contribution >= 0.6 is 0 Å². The number of hydrogen-bond donors (Lipinski definition) is 0. The van der Waals surface area contributed by atoms with Gasteiger partial charge in [-0.25, -0.2) is 13.2 Å². The Morgan fingerprint density at radius 1 is 0.805 bits per heavy atom. The predicted octanol–water partition coefficient (Wildman–Crippen LogP) is 8.27. The fraction of sp³-hybridized carbons (Fsp3) is 0.562. The number of halogens is 5. The quantitative estimate of drug-likeness (QED) is 0.170. The topological polar surface area (TPSA) is 36.9 Å². The van der Waals surface area contributed by atoms with Crippen LogP contribution < -0.4 is 4.74 Å². The summed E-state index contributed by atoms with van der Waals surface area (Å²) < 4.78 is 91.7. The average molecular weight is 581 g/mol. The SMILES string of the molecule is C=CCOC1COC(C2CCC(c3ccc(C4CCC(C(F)(F)Oc5cc(F)c(F)c(F)c5)CC4)cc3)CC2)OC1. The van der Waals surface area contributed by atoms with Gasteiger partial charge in [-0.2, -0.15) is 8.78 Å². The van der Waals surface area contributed by atoms with E-state index in [0.29, 0.717) is 56.6 Å². The Morgan fingerprint density at radius 3 is 1.83 bits per heavy atom. The Morgan fingerprint density at radius 2 is 1.32 bits per heavy atom. The number of rotatable bonds is 9. The van der Waals surface area contributed by atoms with Crippen LogP contribution in [0.1, 0.15) is 74.3 Å². The van der Waals surface area contributed by atoms with Crippen LogP contribution in [0.4, 0.5) is 22.0 Å². The zero-order chi connectivity index (χ0) is 29.0. The molecule has 224 valence electrons. The standard InChI is InChI=1S/C32H37F5O4/c1-2-15-38-27-18-39-31(40-19-27)24-9-7-22(8-10-24)20-3-5-21(6-4-20)23-11-13-25(14-12-23)32(36,37)41-26-16-28(33)30(35)29(34)17-26/h2-6,16-17,22-25,27,31H,1,7-15,18-19H2. The second-order valence-electron chi connectivity index (χ2n) is 11.5. The third-order valence-electron chi connectivity index (χ3n) is 8.79. The minimum atomic E-state index is -3.61. The van der Waals surface area contributed by atoms with Crippen molar-refractivity contribution in [3.63, 3.8) is 0 Å².